The van der Waals surface area contributed by atoms with Gasteiger partial charge < -0.3 is 0 Å². The molecule has 0 N–H and O–H groups in total. The van der Waals surface area contributed by atoms with Gasteiger partial charge in [0.1, 0.15) is 0 Å². The molecule has 0 aliphatic rings. The molecule has 0 bridgehead atoms. The van der Waals surface area contributed by atoms with Crippen LogP contribution in [0.3, 0.4) is 0 Å². The van der Waals surface area contributed by atoms with Gasteiger partial charge in [0.25, 0.3) is 0 Å². The van der Waals surface area contributed by atoms with E-state index in [4.69, 9.17) is 11.6 Å². The van der Waals surface area contributed by atoms with E-state index in [2.05, 4.69) is 30.1 Å². The Bertz CT molecular complexity index is 437. The Morgan fingerprint density at radius 2 is 2.08 bits per heavy atom. The topological polar surface area (TPSA) is 12.9 Å². The van der Waals surface area contributed by atoms with Crippen molar-refractivity contribution in [2.45, 2.75) is 12.8 Å². The third kappa shape index (κ3) is 1.65. The number of nitrogens with zero attached hydrogens (tertiary/aromatic N) is 1. The maximum Gasteiger partial charge on any atom is 0.0706 e. The molecule has 66 valence electrons. The Balaban J connectivity index is 2.66. The van der Waals surface area contributed by atoms with Gasteiger partial charge in [0.2, 0.25) is 0 Å². The number of hydrogen-bond donors (Lipinski definition) is 0. The molecule has 1 aromatic heterocycles. The lowest BCUT2D eigenvalue weighted by molar-refractivity contribution is 1.21. The fourth-order valence-corrected chi connectivity index (χ4v) is 1.51. The van der Waals surface area contributed by atoms with Crippen LogP contribution in [0, 0.1) is 6.92 Å². The number of rotatable bonds is 1. The Hall–Kier alpha value is -1.08. The van der Waals surface area contributed by atoms with Crippen LogP contribution in [0.1, 0.15) is 11.3 Å². The lowest BCUT2D eigenvalue weighted by Gasteiger charge is -2.00. The molecule has 0 spiro atoms. The van der Waals surface area contributed by atoms with Gasteiger partial charge in [0.05, 0.1) is 17.1 Å². The molecule has 0 unspecified atom stereocenters. The Morgan fingerprint density at radius 3 is 2.85 bits per heavy atom. The van der Waals surface area contributed by atoms with Crippen LogP contribution in [0.2, 0.25) is 0 Å². The maximum absolute atomic E-state index is 5.70. The first-order chi connectivity index (χ1) is 6.29. The number of fused-ring (bicyclic) bond motifs is 1. The minimum Gasteiger partial charge on any atom is -0.252 e. The molecule has 0 aliphatic heterocycles. The molecule has 1 nitrogen and oxygen atoms in total. The fourth-order valence-electron chi connectivity index (χ4n) is 1.36. The first-order valence-electron chi connectivity index (χ1n) is 4.22. The quantitative estimate of drug-likeness (QED) is 0.631. The van der Waals surface area contributed by atoms with Crippen LogP contribution in [-0.2, 0) is 5.88 Å². The summed E-state index contributed by atoms with van der Waals surface area (Å²) in [6.07, 6.45) is 0. The number of aromatic nitrogens is 1. The largest absolute Gasteiger partial charge is 0.252 e. The van der Waals surface area contributed by atoms with Crippen LogP contribution < -0.4 is 0 Å². The van der Waals surface area contributed by atoms with Gasteiger partial charge in [-0.15, -0.1) is 11.6 Å². The van der Waals surface area contributed by atoms with Crippen LogP contribution in [0.15, 0.2) is 30.3 Å². The van der Waals surface area contributed by atoms with E-state index in [1.807, 2.05) is 12.1 Å². The van der Waals surface area contributed by atoms with Crippen molar-refractivity contribution in [3.05, 3.63) is 41.6 Å². The van der Waals surface area contributed by atoms with Gasteiger partial charge >= 0.3 is 0 Å². The van der Waals surface area contributed by atoms with E-state index in [9.17, 15) is 0 Å². The monoisotopic (exact) mass is 191 g/mol. The van der Waals surface area contributed by atoms with E-state index in [0.717, 1.165) is 11.2 Å². The zero-order valence-corrected chi connectivity index (χ0v) is 8.17. The van der Waals surface area contributed by atoms with Gasteiger partial charge in [-0.3, -0.25) is 4.98 Å². The summed E-state index contributed by atoms with van der Waals surface area (Å²) in [4.78, 5) is 4.40. The molecule has 2 heteroatoms. The summed E-state index contributed by atoms with van der Waals surface area (Å²) in [6.45, 7) is 2.08. The zero-order chi connectivity index (χ0) is 9.26. The smallest absolute Gasteiger partial charge is 0.0706 e. The van der Waals surface area contributed by atoms with E-state index < -0.39 is 0 Å². The molecule has 2 rings (SSSR count). The highest BCUT2D eigenvalue weighted by molar-refractivity contribution is 6.16. The van der Waals surface area contributed by atoms with Gasteiger partial charge in [-0.1, -0.05) is 17.7 Å². The Kier molecular flexibility index (Phi) is 2.19. The highest BCUT2D eigenvalue weighted by Gasteiger charge is 1.96. The molecular weight excluding hydrogens is 182 g/mol. The van der Waals surface area contributed by atoms with Crippen LogP contribution in [-0.4, -0.2) is 4.98 Å². The van der Waals surface area contributed by atoms with Crippen molar-refractivity contribution in [2.75, 3.05) is 0 Å². The van der Waals surface area contributed by atoms with Crippen molar-refractivity contribution in [1.29, 1.82) is 0 Å². The first-order valence-corrected chi connectivity index (χ1v) is 4.75. The molecule has 0 amide bonds. The van der Waals surface area contributed by atoms with Crippen molar-refractivity contribution < 1.29 is 0 Å². The minimum atomic E-state index is 0.476. The van der Waals surface area contributed by atoms with E-state index in [1.165, 1.54) is 10.9 Å². The standard InChI is InChI=1S/C11H10ClN/c1-8-2-5-11-9(6-8)3-4-10(7-12)13-11/h2-6H,7H2,1H3. The maximum atomic E-state index is 5.70. The van der Waals surface area contributed by atoms with Gasteiger partial charge in [0, 0.05) is 5.39 Å². The van der Waals surface area contributed by atoms with Crippen molar-refractivity contribution in [2.24, 2.45) is 0 Å². The molecule has 0 saturated carbocycles. The SMILES string of the molecule is Cc1ccc2nc(CCl)ccc2c1. The molecule has 1 aromatic carbocycles. The zero-order valence-electron chi connectivity index (χ0n) is 7.42. The van der Waals surface area contributed by atoms with Gasteiger partial charge in [-0.05, 0) is 25.1 Å². The summed E-state index contributed by atoms with van der Waals surface area (Å²) in [7, 11) is 0. The Labute approximate surface area is 82.4 Å². The second kappa shape index (κ2) is 3.35. The summed E-state index contributed by atoms with van der Waals surface area (Å²) in [5, 5.41) is 1.17. The number of pyridine rings is 1. The molecular formula is C11H10ClN. The molecule has 2 aromatic rings. The predicted octanol–water partition coefficient (Wildman–Crippen LogP) is 3.28. The number of alkyl halides is 1. The highest BCUT2D eigenvalue weighted by Crippen LogP contribution is 2.14. The Morgan fingerprint density at radius 1 is 1.23 bits per heavy atom. The van der Waals surface area contributed by atoms with Crippen molar-refractivity contribution in [3.63, 3.8) is 0 Å². The van der Waals surface area contributed by atoms with Crippen molar-refractivity contribution in [3.8, 4) is 0 Å². The van der Waals surface area contributed by atoms with E-state index in [-0.39, 0.29) is 0 Å². The lowest BCUT2D eigenvalue weighted by Crippen LogP contribution is -1.86. The summed E-state index contributed by atoms with van der Waals surface area (Å²) in [6, 6.07) is 10.2. The number of halogens is 1. The first kappa shape index (κ1) is 8.52. The normalized spacial score (nSPS) is 10.6. The summed E-state index contributed by atoms with van der Waals surface area (Å²) < 4.78 is 0. The van der Waals surface area contributed by atoms with Gasteiger partial charge in [0.15, 0.2) is 0 Å². The third-order valence-electron chi connectivity index (χ3n) is 2.04. The third-order valence-corrected chi connectivity index (χ3v) is 2.31. The second-order valence-electron chi connectivity index (χ2n) is 3.13. The van der Waals surface area contributed by atoms with Crippen molar-refractivity contribution >= 4 is 22.5 Å². The summed E-state index contributed by atoms with van der Waals surface area (Å²) >= 11 is 5.70. The van der Waals surface area contributed by atoms with Crippen molar-refractivity contribution in [1.82, 2.24) is 4.98 Å². The van der Waals surface area contributed by atoms with Crippen LogP contribution >= 0.6 is 11.6 Å². The number of aryl methyl sites for hydroxylation is 1. The summed E-state index contributed by atoms with van der Waals surface area (Å²) in [5.41, 5.74) is 3.20. The second-order valence-corrected chi connectivity index (χ2v) is 3.40. The average Bonchev–Trinajstić information content (AvgIpc) is 2.17. The predicted molar refractivity (Wildman–Crippen MR) is 56.0 cm³/mol. The fraction of sp³-hybridized carbons (Fsp3) is 0.182. The molecule has 0 aliphatic carbocycles. The molecule has 0 atom stereocenters. The molecule has 0 fully saturated rings. The minimum absolute atomic E-state index is 0.476. The van der Waals surface area contributed by atoms with Gasteiger partial charge in [-0.2, -0.15) is 0 Å². The van der Waals surface area contributed by atoms with E-state index in [1.54, 1.807) is 0 Å². The average molecular weight is 192 g/mol. The van der Waals surface area contributed by atoms with Crippen LogP contribution in [0.5, 0.6) is 0 Å². The molecule has 1 heterocycles. The number of hydrogen-bond acceptors (Lipinski definition) is 1. The molecule has 0 saturated heterocycles. The van der Waals surface area contributed by atoms with E-state index >= 15 is 0 Å². The van der Waals surface area contributed by atoms with Crippen LogP contribution in [0.25, 0.3) is 10.9 Å². The number of benzene rings is 1. The summed E-state index contributed by atoms with van der Waals surface area (Å²) in [5.74, 6) is 0.476. The highest BCUT2D eigenvalue weighted by atomic mass is 35.5. The molecule has 13 heavy (non-hydrogen) atoms. The molecule has 0 radical (unpaired) electrons. The lowest BCUT2D eigenvalue weighted by atomic mass is 10.1. The van der Waals surface area contributed by atoms with Crippen LogP contribution in [0.4, 0.5) is 0 Å². The van der Waals surface area contributed by atoms with Gasteiger partial charge in [-0.25, -0.2) is 0 Å². The van der Waals surface area contributed by atoms with E-state index in [0.29, 0.717) is 5.88 Å².